The molecular weight excluding hydrogens is 336 g/mol. The predicted molar refractivity (Wildman–Crippen MR) is 107 cm³/mol. The highest BCUT2D eigenvalue weighted by atomic mass is 16.6. The van der Waals surface area contributed by atoms with Crippen LogP contribution in [-0.4, -0.2) is 79.1 Å². The summed E-state index contributed by atoms with van der Waals surface area (Å²) < 4.78 is 12.7. The van der Waals surface area contributed by atoms with E-state index in [-0.39, 0.29) is 0 Å². The summed E-state index contributed by atoms with van der Waals surface area (Å²) in [5, 5.41) is 0. The molecule has 0 spiro atoms. The lowest BCUT2D eigenvalue weighted by Gasteiger charge is -2.46. The zero-order chi connectivity index (χ0) is 19.2. The molecule has 4 nitrogen and oxygen atoms in total. The van der Waals surface area contributed by atoms with Gasteiger partial charge in [-0.25, -0.2) is 0 Å². The maximum atomic E-state index is 5.77. The number of rotatable bonds is 2. The molecule has 10 atom stereocenters. The minimum absolute atomic E-state index is 0.610. The Morgan fingerprint density at radius 3 is 1.56 bits per heavy atom. The molecule has 6 heterocycles. The van der Waals surface area contributed by atoms with Crippen molar-refractivity contribution in [3.63, 3.8) is 0 Å². The molecule has 27 heavy (non-hydrogen) atoms. The van der Waals surface area contributed by atoms with E-state index in [1.54, 1.807) is 0 Å². The number of quaternary nitrogens is 1. The lowest BCUT2D eigenvalue weighted by atomic mass is 9.81. The molecule has 154 valence electrons. The van der Waals surface area contributed by atoms with Gasteiger partial charge in [-0.2, -0.15) is 0 Å². The van der Waals surface area contributed by atoms with Gasteiger partial charge in [-0.05, 0) is 43.6 Å². The number of hydrogen-bond acceptors (Lipinski definition) is 3. The molecular formula is C23H41N2O2+. The second-order valence-corrected chi connectivity index (χ2v) is 11.6. The molecule has 6 saturated heterocycles. The average molecular weight is 378 g/mol. The van der Waals surface area contributed by atoms with Gasteiger partial charge in [-0.3, -0.25) is 4.90 Å². The van der Waals surface area contributed by atoms with Crippen LogP contribution in [0.2, 0.25) is 0 Å². The van der Waals surface area contributed by atoms with E-state index >= 15 is 0 Å². The number of morpholine rings is 2. The number of epoxide rings is 2. The Hall–Kier alpha value is -0.160. The molecule has 6 aliphatic heterocycles. The molecule has 0 aliphatic carbocycles. The summed E-state index contributed by atoms with van der Waals surface area (Å²) >= 11 is 0. The largest absolute Gasteiger partial charge is 0.366 e. The van der Waals surface area contributed by atoms with E-state index < -0.39 is 0 Å². The predicted octanol–water partition coefficient (Wildman–Crippen LogP) is 3.15. The number of likely N-dealkylation sites (N-methyl/N-ethyl adjacent to an activating group) is 2. The van der Waals surface area contributed by atoms with Crippen LogP contribution in [0.3, 0.4) is 0 Å². The van der Waals surface area contributed by atoms with Crippen molar-refractivity contribution >= 4 is 0 Å². The monoisotopic (exact) mass is 377 g/mol. The van der Waals surface area contributed by atoms with Gasteiger partial charge in [0, 0.05) is 24.9 Å². The van der Waals surface area contributed by atoms with E-state index in [0.29, 0.717) is 24.4 Å². The lowest BCUT2D eigenvalue weighted by molar-refractivity contribution is -0.938. The van der Waals surface area contributed by atoms with E-state index in [1.807, 2.05) is 0 Å². The van der Waals surface area contributed by atoms with Crippen molar-refractivity contribution in [3.8, 4) is 0 Å². The quantitative estimate of drug-likeness (QED) is 0.547. The van der Waals surface area contributed by atoms with Gasteiger partial charge in [-0.1, -0.05) is 27.7 Å². The summed E-state index contributed by atoms with van der Waals surface area (Å²) in [5.41, 5.74) is 0. The van der Waals surface area contributed by atoms with Crippen LogP contribution in [0.1, 0.15) is 53.4 Å². The van der Waals surface area contributed by atoms with Crippen LogP contribution in [0.15, 0.2) is 0 Å². The first kappa shape index (κ1) is 18.8. The first-order chi connectivity index (χ1) is 12.7. The maximum absolute atomic E-state index is 5.77. The molecule has 6 fully saturated rings. The topological polar surface area (TPSA) is 28.3 Å². The van der Waals surface area contributed by atoms with Crippen molar-refractivity contribution in [3.05, 3.63) is 0 Å². The fraction of sp³-hybridized carbons (Fsp3) is 1.00. The van der Waals surface area contributed by atoms with Crippen LogP contribution in [-0.2, 0) is 9.47 Å². The van der Waals surface area contributed by atoms with Gasteiger partial charge in [0.25, 0.3) is 0 Å². The first-order valence-electron chi connectivity index (χ1n) is 11.6. The number of ether oxygens (including phenoxy) is 2. The summed E-state index contributed by atoms with van der Waals surface area (Å²) in [4.78, 5) is 2.57. The Morgan fingerprint density at radius 1 is 0.704 bits per heavy atom. The minimum Gasteiger partial charge on any atom is -0.366 e. The molecule has 0 aromatic carbocycles. The number of piperidine rings is 2. The van der Waals surface area contributed by atoms with Crippen molar-refractivity contribution in [2.24, 2.45) is 23.7 Å². The van der Waals surface area contributed by atoms with Crippen molar-refractivity contribution in [1.82, 2.24) is 4.90 Å². The zero-order valence-corrected chi connectivity index (χ0v) is 18.5. The first-order valence-corrected chi connectivity index (χ1v) is 11.6. The summed E-state index contributed by atoms with van der Waals surface area (Å²) in [6.07, 6.45) is 7.98. The van der Waals surface area contributed by atoms with Crippen molar-refractivity contribution < 1.29 is 14.0 Å². The molecule has 0 aromatic rings. The van der Waals surface area contributed by atoms with E-state index in [2.05, 4.69) is 53.7 Å². The normalized spacial score (nSPS) is 53.7. The second kappa shape index (κ2) is 6.17. The van der Waals surface area contributed by atoms with Crippen LogP contribution >= 0.6 is 0 Å². The molecule has 6 rings (SSSR count). The number of hydrogen-bond donors (Lipinski definition) is 0. The second-order valence-electron chi connectivity index (χ2n) is 11.6. The molecule has 0 saturated carbocycles. The summed E-state index contributed by atoms with van der Waals surface area (Å²) in [6.45, 7) is 9.48. The zero-order valence-electron chi connectivity index (χ0n) is 18.5. The number of nitrogens with zero attached hydrogens (tertiary/aromatic N) is 2. The fourth-order valence-corrected chi connectivity index (χ4v) is 7.16. The van der Waals surface area contributed by atoms with E-state index in [0.717, 1.165) is 47.8 Å². The third-order valence-corrected chi connectivity index (χ3v) is 9.46. The minimum atomic E-state index is 0.610. The molecule has 0 aromatic heterocycles. The molecule has 6 aliphatic rings. The summed E-state index contributed by atoms with van der Waals surface area (Å²) in [7, 11) is 7.09. The van der Waals surface area contributed by atoms with Crippen LogP contribution in [0, 0.1) is 23.7 Å². The van der Waals surface area contributed by atoms with Crippen molar-refractivity contribution in [1.29, 1.82) is 0 Å². The molecule has 4 heteroatoms. The van der Waals surface area contributed by atoms with Crippen LogP contribution in [0.4, 0.5) is 0 Å². The van der Waals surface area contributed by atoms with Gasteiger partial charge in [0.2, 0.25) is 0 Å². The van der Waals surface area contributed by atoms with E-state index in [4.69, 9.17) is 9.47 Å². The molecule has 2 unspecified atom stereocenters. The highest BCUT2D eigenvalue weighted by Gasteiger charge is 2.70. The Morgan fingerprint density at radius 2 is 1.11 bits per heavy atom. The van der Waals surface area contributed by atoms with Crippen molar-refractivity contribution in [2.45, 2.75) is 102 Å². The van der Waals surface area contributed by atoms with Crippen LogP contribution < -0.4 is 0 Å². The third-order valence-electron chi connectivity index (χ3n) is 9.46. The highest BCUT2D eigenvalue weighted by Crippen LogP contribution is 2.54. The van der Waals surface area contributed by atoms with E-state index in [1.165, 1.54) is 30.2 Å². The van der Waals surface area contributed by atoms with E-state index in [9.17, 15) is 0 Å². The Kier molecular flexibility index (Phi) is 4.30. The maximum Gasteiger partial charge on any atom is 0.142 e. The Labute approximate surface area is 166 Å². The van der Waals surface area contributed by atoms with Gasteiger partial charge in [0.05, 0.1) is 14.1 Å². The van der Waals surface area contributed by atoms with Gasteiger partial charge in [0.1, 0.15) is 36.5 Å². The Bertz CT molecular complexity index is 553. The molecule has 0 N–H and O–H groups in total. The van der Waals surface area contributed by atoms with Crippen LogP contribution in [0.5, 0.6) is 0 Å². The standard InChI is InChI=1S/C12H22NO.C11H19NO/c1-7(2)8-5-9-11-12(14-11)10(6-8)13(9,3)4;1-6(2)7-4-8-10-11(13-10)9(5-7)12(8)3/h7-12H,5-6H2,1-4H3;6-11H,4-5H2,1-3H3/q+1;/t8?,9-,10+,11-,12+;7?,8-,9+,10-,11+. The van der Waals surface area contributed by atoms with Gasteiger partial charge < -0.3 is 14.0 Å². The summed E-state index contributed by atoms with van der Waals surface area (Å²) in [6, 6.07) is 3.09. The van der Waals surface area contributed by atoms with Crippen LogP contribution in [0.25, 0.3) is 0 Å². The summed E-state index contributed by atoms with van der Waals surface area (Å²) in [5.74, 6) is 3.61. The Balaban J connectivity index is 0.000000119. The van der Waals surface area contributed by atoms with Crippen molar-refractivity contribution in [2.75, 3.05) is 21.1 Å². The molecule has 4 bridgehead atoms. The number of fused-ring (bicyclic) bond motifs is 10. The van der Waals surface area contributed by atoms with Gasteiger partial charge in [0.15, 0.2) is 0 Å². The lowest BCUT2D eigenvalue weighted by Crippen LogP contribution is -2.58. The smallest absolute Gasteiger partial charge is 0.142 e. The average Bonchev–Trinajstić information content (AvgIpc) is 3.45. The third kappa shape index (κ3) is 2.85. The highest BCUT2D eigenvalue weighted by molar-refractivity contribution is 5.13. The fourth-order valence-electron chi connectivity index (χ4n) is 7.16. The van der Waals surface area contributed by atoms with Gasteiger partial charge in [-0.15, -0.1) is 0 Å². The molecule has 0 amide bonds. The SMILES string of the molecule is CC(C)C1C[C@@H]2[C@H]3O[C@H]3[C@H](C1)N2C.CC(C)C1C[C@@H]2[C@H]3O[C@H]3[C@H](C1)[N+]2(C)C. The van der Waals surface area contributed by atoms with Gasteiger partial charge >= 0.3 is 0 Å². The molecule has 0 radical (unpaired) electrons.